The number of halogens is 5. The molecule has 1 unspecified atom stereocenters. The summed E-state index contributed by atoms with van der Waals surface area (Å²) in [5.41, 5.74) is 0.695. The molecule has 1 aliphatic rings. The molecule has 8 heteroatoms. The van der Waals surface area contributed by atoms with E-state index in [2.05, 4.69) is 0 Å². The van der Waals surface area contributed by atoms with Crippen molar-refractivity contribution in [2.75, 3.05) is 7.05 Å². The van der Waals surface area contributed by atoms with Crippen molar-refractivity contribution in [1.29, 1.82) is 0 Å². The first kappa shape index (κ1) is 16.8. The molecular formula is C12H10Cl2F3NO2. The van der Waals surface area contributed by atoms with Crippen LogP contribution in [0.4, 0.5) is 13.2 Å². The van der Waals surface area contributed by atoms with E-state index in [-0.39, 0.29) is 18.2 Å². The summed E-state index contributed by atoms with van der Waals surface area (Å²) >= 11 is 11.7. The Balaban J connectivity index is 0.000000444. The van der Waals surface area contributed by atoms with Gasteiger partial charge in [0.1, 0.15) is 0 Å². The van der Waals surface area contributed by atoms with Crippen molar-refractivity contribution in [3.63, 3.8) is 0 Å². The number of carbonyl (C=O) groups excluding carboxylic acids is 2. The largest absolute Gasteiger partial charge is 0.379 e. The first-order valence-electron chi connectivity index (χ1n) is 5.41. The van der Waals surface area contributed by atoms with Gasteiger partial charge < -0.3 is 0 Å². The van der Waals surface area contributed by atoms with Gasteiger partial charge in [-0.2, -0.15) is 13.2 Å². The summed E-state index contributed by atoms with van der Waals surface area (Å²) in [6.45, 7) is -3.67. The molecule has 1 fully saturated rings. The number of imide groups is 1. The Kier molecular flexibility index (Phi) is 5.83. The maximum atomic E-state index is 11.8. The van der Waals surface area contributed by atoms with Crippen LogP contribution in [-0.4, -0.2) is 30.4 Å². The first-order valence-corrected chi connectivity index (χ1v) is 6.16. The van der Waals surface area contributed by atoms with Crippen LogP contribution in [0.5, 0.6) is 0 Å². The third-order valence-electron chi connectivity index (χ3n) is 2.67. The summed E-state index contributed by atoms with van der Waals surface area (Å²) in [6.07, 6.45) is 0.187. The molecule has 2 amide bonds. The second-order valence-electron chi connectivity index (χ2n) is 4.00. The molecule has 0 aliphatic carbocycles. The molecule has 20 heavy (non-hydrogen) atoms. The molecular weight excluding hydrogens is 318 g/mol. The SMILES string of the molecule is CN1C(=O)CC(c2cc(Cl)cc(Cl)c2)C1=O.FC(F)F. The normalized spacial score (nSPS) is 18.4. The fraction of sp³-hybridized carbons (Fsp3) is 0.333. The zero-order valence-electron chi connectivity index (χ0n) is 10.2. The van der Waals surface area contributed by atoms with E-state index >= 15 is 0 Å². The first-order chi connectivity index (χ1) is 9.22. The lowest BCUT2D eigenvalue weighted by Crippen LogP contribution is -2.25. The lowest BCUT2D eigenvalue weighted by Gasteiger charge is -2.09. The van der Waals surface area contributed by atoms with Crippen molar-refractivity contribution < 1.29 is 22.8 Å². The number of likely N-dealkylation sites (N-methyl/N-ethyl adjacent to an activating group) is 1. The van der Waals surface area contributed by atoms with Crippen molar-refractivity contribution >= 4 is 35.0 Å². The molecule has 3 nitrogen and oxygen atoms in total. The predicted octanol–water partition coefficient (Wildman–Crippen LogP) is 3.64. The number of carbonyl (C=O) groups is 2. The van der Waals surface area contributed by atoms with Gasteiger partial charge >= 0.3 is 6.68 Å². The molecule has 1 aromatic rings. The zero-order valence-corrected chi connectivity index (χ0v) is 11.8. The molecule has 0 N–H and O–H groups in total. The van der Waals surface area contributed by atoms with Crippen LogP contribution in [-0.2, 0) is 9.59 Å². The molecule has 1 aliphatic heterocycles. The Morgan fingerprint density at radius 1 is 1.15 bits per heavy atom. The lowest BCUT2D eigenvalue weighted by molar-refractivity contribution is -0.137. The third kappa shape index (κ3) is 4.38. The van der Waals surface area contributed by atoms with Crippen LogP contribution in [0.2, 0.25) is 10.0 Å². The van der Waals surface area contributed by atoms with E-state index in [1.165, 1.54) is 7.05 Å². The van der Waals surface area contributed by atoms with Crippen LogP contribution in [0.1, 0.15) is 17.9 Å². The highest BCUT2D eigenvalue weighted by molar-refractivity contribution is 6.34. The van der Waals surface area contributed by atoms with Crippen molar-refractivity contribution in [3.8, 4) is 0 Å². The Bertz CT molecular complexity index is 502. The Morgan fingerprint density at radius 3 is 1.95 bits per heavy atom. The van der Waals surface area contributed by atoms with E-state index in [9.17, 15) is 22.8 Å². The van der Waals surface area contributed by atoms with Crippen molar-refractivity contribution in [1.82, 2.24) is 4.90 Å². The van der Waals surface area contributed by atoms with Gasteiger partial charge in [-0.25, -0.2) is 0 Å². The van der Waals surface area contributed by atoms with E-state index in [0.717, 1.165) is 4.90 Å². The molecule has 2 rings (SSSR count). The number of nitrogens with zero attached hydrogens (tertiary/aromatic N) is 1. The number of amides is 2. The van der Waals surface area contributed by atoms with E-state index in [4.69, 9.17) is 23.2 Å². The highest BCUT2D eigenvalue weighted by Gasteiger charge is 2.37. The number of alkyl halides is 3. The summed E-state index contributed by atoms with van der Waals surface area (Å²) in [7, 11) is 1.48. The number of hydrogen-bond donors (Lipinski definition) is 0. The Labute approximate surface area is 123 Å². The second kappa shape index (κ2) is 6.95. The molecule has 0 radical (unpaired) electrons. The molecule has 1 aromatic carbocycles. The summed E-state index contributed by atoms with van der Waals surface area (Å²) in [5.74, 6) is -0.830. The van der Waals surface area contributed by atoms with Crippen molar-refractivity contribution in [2.45, 2.75) is 19.0 Å². The molecule has 0 spiro atoms. The van der Waals surface area contributed by atoms with Gasteiger partial charge in [-0.3, -0.25) is 14.5 Å². The summed E-state index contributed by atoms with van der Waals surface area (Å²) in [6, 6.07) is 4.93. The van der Waals surface area contributed by atoms with Crippen LogP contribution in [0.15, 0.2) is 18.2 Å². The standard InChI is InChI=1S/C11H9Cl2NO2.CHF3/c1-14-10(15)5-9(11(14)16)6-2-7(12)4-8(13)3-6;2-1(3)4/h2-4,9H,5H2,1H3;1H. The average molecular weight is 328 g/mol. The van der Waals surface area contributed by atoms with Gasteiger partial charge in [0.05, 0.1) is 5.92 Å². The Morgan fingerprint density at radius 2 is 1.60 bits per heavy atom. The van der Waals surface area contributed by atoms with Crippen molar-refractivity contribution in [2.24, 2.45) is 0 Å². The molecule has 0 aromatic heterocycles. The fourth-order valence-electron chi connectivity index (χ4n) is 1.79. The van der Waals surface area contributed by atoms with Gasteiger partial charge in [0, 0.05) is 23.5 Å². The van der Waals surface area contributed by atoms with Crippen LogP contribution in [0, 0.1) is 0 Å². The molecule has 0 bridgehead atoms. The van der Waals surface area contributed by atoms with E-state index < -0.39 is 12.6 Å². The minimum absolute atomic E-state index is 0.175. The van der Waals surface area contributed by atoms with Gasteiger partial charge in [0.2, 0.25) is 11.8 Å². The monoisotopic (exact) mass is 327 g/mol. The Hall–Kier alpha value is -1.27. The number of hydrogen-bond acceptors (Lipinski definition) is 2. The van der Waals surface area contributed by atoms with Gasteiger partial charge in [0.15, 0.2) is 0 Å². The number of benzene rings is 1. The van der Waals surface area contributed by atoms with Crippen LogP contribution in [0.3, 0.4) is 0 Å². The van der Waals surface area contributed by atoms with Gasteiger partial charge in [-0.05, 0) is 23.8 Å². The summed E-state index contributed by atoms with van der Waals surface area (Å²) in [4.78, 5) is 24.3. The van der Waals surface area contributed by atoms with E-state index in [0.29, 0.717) is 15.6 Å². The predicted molar refractivity (Wildman–Crippen MR) is 68.7 cm³/mol. The highest BCUT2D eigenvalue weighted by atomic mass is 35.5. The smallest absolute Gasteiger partial charge is 0.285 e. The number of rotatable bonds is 1. The minimum atomic E-state index is -3.67. The van der Waals surface area contributed by atoms with Crippen LogP contribution in [0.25, 0.3) is 0 Å². The van der Waals surface area contributed by atoms with E-state index in [1.54, 1.807) is 18.2 Å². The zero-order chi connectivity index (χ0) is 15.4. The molecule has 1 atom stereocenters. The quantitative estimate of drug-likeness (QED) is 0.738. The maximum Gasteiger partial charge on any atom is 0.379 e. The molecule has 0 saturated carbocycles. The topological polar surface area (TPSA) is 37.4 Å². The maximum absolute atomic E-state index is 11.8. The minimum Gasteiger partial charge on any atom is -0.285 e. The average Bonchev–Trinajstić information content (AvgIpc) is 2.55. The fourth-order valence-corrected chi connectivity index (χ4v) is 2.34. The van der Waals surface area contributed by atoms with Crippen molar-refractivity contribution in [3.05, 3.63) is 33.8 Å². The third-order valence-corrected chi connectivity index (χ3v) is 3.11. The summed E-state index contributed by atoms with van der Waals surface area (Å²) in [5, 5.41) is 0.939. The van der Waals surface area contributed by atoms with Gasteiger partial charge in [-0.1, -0.05) is 23.2 Å². The van der Waals surface area contributed by atoms with Gasteiger partial charge in [-0.15, -0.1) is 0 Å². The van der Waals surface area contributed by atoms with Crippen LogP contribution < -0.4 is 0 Å². The number of likely N-dealkylation sites (tertiary alicyclic amines) is 1. The van der Waals surface area contributed by atoms with Crippen LogP contribution >= 0.6 is 23.2 Å². The van der Waals surface area contributed by atoms with Gasteiger partial charge in [0.25, 0.3) is 0 Å². The summed E-state index contributed by atoms with van der Waals surface area (Å²) < 4.78 is 29.0. The lowest BCUT2D eigenvalue weighted by atomic mass is 9.98. The second-order valence-corrected chi connectivity index (χ2v) is 4.87. The molecule has 1 saturated heterocycles. The molecule has 110 valence electrons. The van der Waals surface area contributed by atoms with E-state index in [1.807, 2.05) is 0 Å². The highest BCUT2D eigenvalue weighted by Crippen LogP contribution is 2.32. The molecule has 1 heterocycles.